The lowest BCUT2D eigenvalue weighted by Gasteiger charge is -2.39. The van der Waals surface area contributed by atoms with Gasteiger partial charge in [0.05, 0.1) is 45.5 Å². The highest BCUT2D eigenvalue weighted by atomic mass is 15.3. The predicted octanol–water partition coefficient (Wildman–Crippen LogP) is 22.5. The van der Waals surface area contributed by atoms with Crippen molar-refractivity contribution in [3.63, 3.8) is 0 Å². The highest BCUT2D eigenvalue weighted by molar-refractivity contribution is 6.38. The van der Waals surface area contributed by atoms with Crippen LogP contribution in [0.3, 0.4) is 0 Å². The minimum atomic E-state index is 1.11. The zero-order valence-electron chi connectivity index (χ0n) is 46.2. The van der Waals surface area contributed by atoms with E-state index >= 15 is 0 Å². The normalized spacial score (nSPS) is 13.3. The summed E-state index contributed by atoms with van der Waals surface area (Å²) in [5.41, 5.74) is 16.3. The van der Waals surface area contributed by atoms with Gasteiger partial charge in [-0.25, -0.2) is 0 Å². The fraction of sp³-hybridized carbons (Fsp3) is 0.0250. The first-order valence-corrected chi connectivity index (χ1v) is 29.2. The van der Waals surface area contributed by atoms with Crippen LogP contribution in [-0.2, 0) is 0 Å². The monoisotopic (exact) mass is 1070 g/mol. The number of benzene rings is 17. The lowest BCUT2D eigenvalue weighted by Crippen LogP contribution is -2.24. The minimum absolute atomic E-state index is 1.11. The van der Waals surface area contributed by atoms with Crippen LogP contribution >= 0.6 is 0 Å². The second kappa shape index (κ2) is 16.8. The van der Waals surface area contributed by atoms with Crippen LogP contribution in [0.1, 0.15) is 0 Å². The maximum Gasteiger partial charge on any atom is 0.0699 e. The molecule has 2 aliphatic rings. The maximum absolute atomic E-state index is 2.51. The van der Waals surface area contributed by atoms with Crippen LogP contribution in [0.2, 0.25) is 0 Å². The highest BCUT2D eigenvalue weighted by Gasteiger charge is 2.32. The van der Waals surface area contributed by atoms with Gasteiger partial charge in [0.15, 0.2) is 0 Å². The average molecular weight is 1070 g/mol. The van der Waals surface area contributed by atoms with Gasteiger partial charge >= 0.3 is 0 Å². The summed E-state index contributed by atoms with van der Waals surface area (Å²) >= 11 is 0. The molecule has 0 atom stereocenters. The number of nitrogens with zero attached hydrogens (tertiary/aromatic N) is 4. The van der Waals surface area contributed by atoms with Crippen LogP contribution in [0, 0.1) is 0 Å². The molecular weight excluding hydrogens is 1020 g/mol. The molecule has 0 aromatic heterocycles. The highest BCUT2D eigenvalue weighted by Crippen LogP contribution is 2.57. The van der Waals surface area contributed by atoms with E-state index in [0.717, 1.165) is 56.9 Å². The Morgan fingerprint density at radius 2 is 0.476 bits per heavy atom. The number of para-hydroxylation sites is 8. The quantitative estimate of drug-likeness (QED) is 0.129. The van der Waals surface area contributed by atoms with Crippen molar-refractivity contribution in [2.45, 2.75) is 0 Å². The van der Waals surface area contributed by atoms with Crippen molar-refractivity contribution in [3.8, 4) is 22.3 Å². The smallest absolute Gasteiger partial charge is 0.0699 e. The minimum Gasteiger partial charge on any atom is -0.341 e. The van der Waals surface area contributed by atoms with Gasteiger partial charge in [-0.05, 0) is 203 Å². The van der Waals surface area contributed by atoms with E-state index in [9.17, 15) is 0 Å². The molecule has 17 aromatic carbocycles. The first-order valence-electron chi connectivity index (χ1n) is 29.2. The Morgan fingerprint density at radius 1 is 0.202 bits per heavy atom. The number of hydrogen-bond donors (Lipinski definition) is 0. The van der Waals surface area contributed by atoms with Crippen molar-refractivity contribution >= 4 is 165 Å². The van der Waals surface area contributed by atoms with Crippen molar-refractivity contribution in [1.82, 2.24) is 0 Å². The molecule has 0 N–H and O–H groups in total. The van der Waals surface area contributed by atoms with E-state index in [1.807, 2.05) is 0 Å². The summed E-state index contributed by atoms with van der Waals surface area (Å²) in [7, 11) is 4.38. The zero-order valence-corrected chi connectivity index (χ0v) is 46.2. The first-order chi connectivity index (χ1) is 41.6. The topological polar surface area (TPSA) is 13.0 Å². The molecule has 390 valence electrons. The van der Waals surface area contributed by atoms with E-state index in [0.29, 0.717) is 0 Å². The summed E-state index contributed by atoms with van der Waals surface area (Å²) in [6, 6.07) is 101. The molecule has 2 heterocycles. The molecule has 19 rings (SSSR count). The molecule has 0 amide bonds. The van der Waals surface area contributed by atoms with Crippen molar-refractivity contribution in [1.29, 1.82) is 0 Å². The van der Waals surface area contributed by atoms with Crippen molar-refractivity contribution < 1.29 is 0 Å². The second-order valence-electron chi connectivity index (χ2n) is 23.1. The summed E-state index contributed by atoms with van der Waals surface area (Å²) in [6.07, 6.45) is 0. The van der Waals surface area contributed by atoms with Crippen LogP contribution in [-0.4, -0.2) is 14.1 Å². The van der Waals surface area contributed by atoms with Gasteiger partial charge in [0.25, 0.3) is 0 Å². The lowest BCUT2D eigenvalue weighted by atomic mass is 9.81. The van der Waals surface area contributed by atoms with E-state index in [4.69, 9.17) is 0 Å². The van der Waals surface area contributed by atoms with E-state index in [-0.39, 0.29) is 0 Å². The van der Waals surface area contributed by atoms with Gasteiger partial charge < -0.3 is 19.6 Å². The van der Waals surface area contributed by atoms with Crippen molar-refractivity contribution in [2.24, 2.45) is 0 Å². The zero-order chi connectivity index (χ0) is 55.1. The van der Waals surface area contributed by atoms with Crippen LogP contribution in [0.5, 0.6) is 0 Å². The van der Waals surface area contributed by atoms with Crippen LogP contribution in [0.4, 0.5) is 56.9 Å². The summed E-state index contributed by atoms with van der Waals surface area (Å²) < 4.78 is 0. The largest absolute Gasteiger partial charge is 0.341 e. The fourth-order valence-corrected chi connectivity index (χ4v) is 15.6. The Bertz CT molecular complexity index is 5150. The van der Waals surface area contributed by atoms with Gasteiger partial charge in [-0.1, -0.05) is 194 Å². The third-order valence-electron chi connectivity index (χ3n) is 19.1. The molecule has 0 bridgehead atoms. The Hall–Kier alpha value is -10.9. The predicted molar refractivity (Wildman–Crippen MR) is 360 cm³/mol. The first kappa shape index (κ1) is 45.8. The molecule has 0 spiro atoms. The Labute approximate surface area is 484 Å². The van der Waals surface area contributed by atoms with Gasteiger partial charge in [0.2, 0.25) is 0 Å². The summed E-state index contributed by atoms with van der Waals surface area (Å²) in [6.45, 7) is 0. The van der Waals surface area contributed by atoms with E-state index in [2.05, 4.69) is 301 Å². The molecule has 0 aliphatic carbocycles. The van der Waals surface area contributed by atoms with Gasteiger partial charge in [-0.3, -0.25) is 0 Å². The number of rotatable bonds is 4. The molecular formula is C80H50N4. The number of hydrogen-bond acceptors (Lipinski definition) is 4. The van der Waals surface area contributed by atoms with E-state index in [1.165, 1.54) is 130 Å². The Kier molecular flexibility index (Phi) is 9.16. The number of anilines is 10. The van der Waals surface area contributed by atoms with Crippen molar-refractivity contribution in [2.75, 3.05) is 33.7 Å². The van der Waals surface area contributed by atoms with Crippen LogP contribution in [0.25, 0.3) is 130 Å². The maximum atomic E-state index is 2.51. The summed E-state index contributed by atoms with van der Waals surface area (Å²) in [4.78, 5) is 9.63. The fourth-order valence-electron chi connectivity index (χ4n) is 15.6. The third kappa shape index (κ3) is 6.00. The third-order valence-corrected chi connectivity index (χ3v) is 19.1. The molecule has 4 nitrogen and oxygen atoms in total. The molecule has 0 fully saturated rings. The van der Waals surface area contributed by atoms with Gasteiger partial charge in [0, 0.05) is 25.5 Å². The summed E-state index contributed by atoms with van der Waals surface area (Å²) in [5, 5.41) is 25.3. The summed E-state index contributed by atoms with van der Waals surface area (Å²) in [5.74, 6) is 0. The van der Waals surface area contributed by atoms with Gasteiger partial charge in [-0.15, -0.1) is 0 Å². The number of fused-ring (bicyclic) bond motifs is 10. The molecule has 0 radical (unpaired) electrons. The van der Waals surface area contributed by atoms with Gasteiger partial charge in [0.1, 0.15) is 0 Å². The molecule has 17 aromatic rings. The SMILES string of the molecule is CN1c2ccccc2N(c2ccc3c(-c4ccc5c6cccc7cccc(c8cccc4c85)c76)c4cc(N5c6ccccc6N(C)c6ccccc65)ccc4c(-c4ccc5c6cccc7cccc(c8cccc4c85)c76)c3c2)c2ccccc21. The van der Waals surface area contributed by atoms with Crippen molar-refractivity contribution in [3.05, 3.63) is 267 Å². The van der Waals surface area contributed by atoms with E-state index < -0.39 is 0 Å². The van der Waals surface area contributed by atoms with E-state index in [1.54, 1.807) is 0 Å². The molecule has 0 saturated heterocycles. The Morgan fingerprint density at radius 3 is 0.821 bits per heavy atom. The molecule has 84 heavy (non-hydrogen) atoms. The average Bonchev–Trinajstić information content (AvgIpc) is 1.06. The second-order valence-corrected chi connectivity index (χ2v) is 23.1. The lowest BCUT2D eigenvalue weighted by molar-refractivity contribution is 1.13. The standard InChI is InChI=1S/C80H50N4/c1-81-67-29-3-7-33-71(67)83(72-34-8-4-30-68(72)81)49-37-39-63-65(45-49)79(61-43-41-59-53-23-13-19-47-17-11-21-51(75(47)53)55-25-15-27-57(61)77(55)59)64-40-38-50(84-73-35-9-5-31-69(73)82(2)70-32-6-10-36-74(70)84)46-66(64)80(63)62-44-42-60-54-24-14-20-48-18-12-22-52(76(48)54)56-26-16-28-58(62)78(56)60/h3-46H,1-2H3. The molecule has 0 saturated carbocycles. The van der Waals surface area contributed by atoms with Crippen LogP contribution in [0.15, 0.2) is 267 Å². The molecule has 2 aliphatic heterocycles. The van der Waals surface area contributed by atoms with Crippen LogP contribution < -0.4 is 19.6 Å². The molecule has 4 heteroatoms. The molecule has 0 unspecified atom stereocenters. The van der Waals surface area contributed by atoms with Gasteiger partial charge in [-0.2, -0.15) is 0 Å². The Balaban J connectivity index is 0.991.